The zero-order chi connectivity index (χ0) is 25.3. The van der Waals surface area contributed by atoms with Gasteiger partial charge in [0.1, 0.15) is 17.4 Å². The molecule has 1 atom stereocenters. The van der Waals surface area contributed by atoms with Gasteiger partial charge in [-0.15, -0.1) is 0 Å². The molecule has 0 amide bonds. The summed E-state index contributed by atoms with van der Waals surface area (Å²) in [6, 6.07) is 10.8. The number of benzene rings is 2. The number of nitrogens with zero attached hydrogens (tertiary/aromatic N) is 3. The SMILES string of the molecule is Cc1nn(Cc2ccc(F)cc2F)c2cccc(Oc3cc(C(N)OC(=O)C(F)(F)F)ccn3)c12. The van der Waals surface area contributed by atoms with Crippen molar-refractivity contribution in [2.75, 3.05) is 0 Å². The van der Waals surface area contributed by atoms with Gasteiger partial charge >= 0.3 is 12.1 Å². The lowest BCUT2D eigenvalue weighted by atomic mass is 10.2. The van der Waals surface area contributed by atoms with E-state index < -0.39 is 30.0 Å². The molecule has 2 heterocycles. The van der Waals surface area contributed by atoms with Gasteiger partial charge in [0.2, 0.25) is 5.88 Å². The normalized spacial score (nSPS) is 12.5. The molecule has 12 heteroatoms. The van der Waals surface area contributed by atoms with Crippen molar-refractivity contribution in [3.63, 3.8) is 0 Å². The number of carbonyl (C=O) groups is 1. The van der Waals surface area contributed by atoms with Gasteiger partial charge in [0, 0.05) is 29.5 Å². The van der Waals surface area contributed by atoms with E-state index in [1.165, 1.54) is 29.1 Å². The summed E-state index contributed by atoms with van der Waals surface area (Å²) in [6.45, 7) is 1.75. The lowest BCUT2D eigenvalue weighted by Gasteiger charge is -2.15. The first kappa shape index (κ1) is 24.1. The number of hydrogen-bond donors (Lipinski definition) is 1. The second kappa shape index (κ2) is 9.29. The van der Waals surface area contributed by atoms with E-state index in [0.29, 0.717) is 22.3 Å². The zero-order valence-corrected chi connectivity index (χ0v) is 18.0. The molecular weight excluding hydrogens is 475 g/mol. The Kier molecular flexibility index (Phi) is 6.39. The van der Waals surface area contributed by atoms with Gasteiger partial charge in [-0.2, -0.15) is 18.3 Å². The Bertz CT molecular complexity index is 1400. The van der Waals surface area contributed by atoms with E-state index in [2.05, 4.69) is 14.8 Å². The van der Waals surface area contributed by atoms with Crippen molar-refractivity contribution < 1.29 is 36.2 Å². The molecule has 2 aromatic carbocycles. The van der Waals surface area contributed by atoms with E-state index in [9.17, 15) is 26.7 Å². The van der Waals surface area contributed by atoms with Crippen molar-refractivity contribution in [2.45, 2.75) is 25.9 Å². The lowest BCUT2D eigenvalue weighted by molar-refractivity contribution is -0.205. The minimum atomic E-state index is -5.19. The van der Waals surface area contributed by atoms with Crippen LogP contribution in [0.2, 0.25) is 0 Å². The molecule has 0 radical (unpaired) electrons. The van der Waals surface area contributed by atoms with Crippen LogP contribution in [0.1, 0.15) is 23.0 Å². The van der Waals surface area contributed by atoms with Crippen LogP contribution in [0.25, 0.3) is 10.9 Å². The molecule has 0 fully saturated rings. The highest BCUT2D eigenvalue weighted by atomic mass is 19.4. The summed E-state index contributed by atoms with van der Waals surface area (Å²) in [6.07, 6.45) is -5.64. The molecule has 35 heavy (non-hydrogen) atoms. The molecule has 0 aliphatic carbocycles. The van der Waals surface area contributed by atoms with E-state index in [-0.39, 0.29) is 23.6 Å². The Hall–Kier alpha value is -4.06. The molecule has 7 nitrogen and oxygen atoms in total. The number of esters is 1. The fourth-order valence-corrected chi connectivity index (χ4v) is 3.42. The maximum Gasteiger partial charge on any atom is 0.490 e. The Balaban J connectivity index is 1.61. The van der Waals surface area contributed by atoms with Crippen LogP contribution in [-0.2, 0) is 16.1 Å². The number of pyridine rings is 1. The largest absolute Gasteiger partial charge is 0.490 e. The summed E-state index contributed by atoms with van der Waals surface area (Å²) in [5.41, 5.74) is 6.98. The van der Waals surface area contributed by atoms with Crippen molar-refractivity contribution in [1.82, 2.24) is 14.8 Å². The number of rotatable bonds is 6. The van der Waals surface area contributed by atoms with Gasteiger partial charge in [-0.1, -0.05) is 12.1 Å². The van der Waals surface area contributed by atoms with Gasteiger partial charge in [-0.25, -0.2) is 18.6 Å². The molecule has 4 aromatic rings. The van der Waals surface area contributed by atoms with Crippen LogP contribution in [0.15, 0.2) is 54.7 Å². The van der Waals surface area contributed by atoms with Crippen LogP contribution in [0.3, 0.4) is 0 Å². The predicted molar refractivity (Wildman–Crippen MR) is 113 cm³/mol. The number of hydrogen-bond acceptors (Lipinski definition) is 6. The van der Waals surface area contributed by atoms with E-state index in [1.54, 1.807) is 25.1 Å². The highest BCUT2D eigenvalue weighted by Crippen LogP contribution is 2.33. The number of fused-ring (bicyclic) bond motifs is 1. The Morgan fingerprint density at radius 1 is 1.14 bits per heavy atom. The number of carbonyl (C=O) groups excluding carboxylic acids is 1. The van der Waals surface area contributed by atoms with Crippen molar-refractivity contribution in [3.05, 3.63) is 83.2 Å². The third kappa shape index (κ3) is 5.22. The van der Waals surface area contributed by atoms with E-state index in [4.69, 9.17) is 10.5 Å². The Morgan fingerprint density at radius 3 is 2.63 bits per heavy atom. The Morgan fingerprint density at radius 2 is 1.91 bits per heavy atom. The van der Waals surface area contributed by atoms with Crippen LogP contribution in [0, 0.1) is 18.6 Å². The molecule has 2 N–H and O–H groups in total. The number of aryl methyl sites for hydroxylation is 1. The molecule has 0 bridgehead atoms. The van der Waals surface area contributed by atoms with Crippen LogP contribution in [0.5, 0.6) is 11.6 Å². The monoisotopic (exact) mass is 492 g/mol. The van der Waals surface area contributed by atoms with E-state index in [0.717, 1.165) is 12.1 Å². The molecule has 0 saturated carbocycles. The maximum absolute atomic E-state index is 14.1. The molecule has 1 unspecified atom stereocenters. The average molecular weight is 492 g/mol. The van der Waals surface area contributed by atoms with Crippen LogP contribution in [0.4, 0.5) is 22.0 Å². The van der Waals surface area contributed by atoms with Gasteiger partial charge < -0.3 is 9.47 Å². The number of alkyl halides is 3. The second-order valence-electron chi connectivity index (χ2n) is 7.48. The molecular formula is C23H17F5N4O3. The topological polar surface area (TPSA) is 92.3 Å². The number of halogens is 5. The molecule has 0 spiro atoms. The van der Waals surface area contributed by atoms with Gasteiger partial charge in [0.15, 0.2) is 6.23 Å². The lowest BCUT2D eigenvalue weighted by Crippen LogP contribution is -2.30. The van der Waals surface area contributed by atoms with Crippen molar-refractivity contribution in [2.24, 2.45) is 5.73 Å². The summed E-state index contributed by atoms with van der Waals surface area (Å²) < 4.78 is 76.3. The van der Waals surface area contributed by atoms with Crippen molar-refractivity contribution in [3.8, 4) is 11.6 Å². The standard InChI is InChI=1S/C23H17F5N4O3/c1-12-20-17(32(31-12)11-14-5-6-15(24)10-16(14)25)3-2-4-18(20)34-19-9-13(7-8-30-19)21(29)35-22(33)23(26,27)28/h2-10,21H,11,29H2,1H3. The number of aromatic nitrogens is 3. The Labute approximate surface area is 194 Å². The van der Waals surface area contributed by atoms with E-state index >= 15 is 0 Å². The average Bonchev–Trinajstić information content (AvgIpc) is 3.11. The summed E-state index contributed by atoms with van der Waals surface area (Å²) in [7, 11) is 0. The molecule has 2 aromatic heterocycles. The summed E-state index contributed by atoms with van der Waals surface area (Å²) in [4.78, 5) is 15.1. The first-order valence-corrected chi connectivity index (χ1v) is 10.1. The molecule has 182 valence electrons. The van der Waals surface area contributed by atoms with Crippen LogP contribution in [-0.4, -0.2) is 26.9 Å². The number of ether oxygens (including phenoxy) is 2. The van der Waals surface area contributed by atoms with Crippen LogP contribution >= 0.6 is 0 Å². The minimum absolute atomic E-state index is 0.0229. The molecule has 0 aliphatic heterocycles. The third-order valence-electron chi connectivity index (χ3n) is 5.02. The third-order valence-corrected chi connectivity index (χ3v) is 5.02. The first-order valence-electron chi connectivity index (χ1n) is 10.1. The quantitative estimate of drug-likeness (QED) is 0.233. The van der Waals surface area contributed by atoms with Crippen molar-refractivity contribution >= 4 is 16.9 Å². The second-order valence-corrected chi connectivity index (χ2v) is 7.48. The molecule has 4 rings (SSSR count). The molecule has 0 aliphatic rings. The van der Waals surface area contributed by atoms with Gasteiger partial charge in [-0.05, 0) is 31.2 Å². The highest BCUT2D eigenvalue weighted by molar-refractivity contribution is 5.88. The maximum atomic E-state index is 14.1. The van der Waals surface area contributed by atoms with Crippen LogP contribution < -0.4 is 10.5 Å². The fraction of sp³-hybridized carbons (Fsp3) is 0.174. The number of nitrogens with two attached hydrogens (primary N) is 1. The zero-order valence-electron chi connectivity index (χ0n) is 18.0. The first-order chi connectivity index (χ1) is 16.5. The molecule has 0 saturated heterocycles. The predicted octanol–water partition coefficient (Wildman–Crippen LogP) is 4.92. The fourth-order valence-electron chi connectivity index (χ4n) is 3.42. The van der Waals surface area contributed by atoms with E-state index in [1.807, 2.05) is 0 Å². The smallest absolute Gasteiger partial charge is 0.438 e. The van der Waals surface area contributed by atoms with Gasteiger partial charge in [0.05, 0.1) is 23.1 Å². The summed E-state index contributed by atoms with van der Waals surface area (Å²) >= 11 is 0. The highest BCUT2D eigenvalue weighted by Gasteiger charge is 2.42. The van der Waals surface area contributed by atoms with Gasteiger partial charge in [0.25, 0.3) is 0 Å². The summed E-state index contributed by atoms with van der Waals surface area (Å²) in [5, 5.41) is 5.00. The summed E-state index contributed by atoms with van der Waals surface area (Å²) in [5.74, 6) is -3.52. The van der Waals surface area contributed by atoms with Gasteiger partial charge in [-0.3, -0.25) is 10.4 Å². The van der Waals surface area contributed by atoms with Crippen molar-refractivity contribution in [1.29, 1.82) is 0 Å². The minimum Gasteiger partial charge on any atom is -0.438 e.